The predicted molar refractivity (Wildman–Crippen MR) is 74.2 cm³/mol. The smallest absolute Gasteiger partial charge is 0.230 e. The molecule has 0 unspecified atom stereocenters. The molecule has 3 aromatic rings. The molecule has 3 rings (SSSR count). The lowest BCUT2D eigenvalue weighted by Gasteiger charge is -2.05. The van der Waals surface area contributed by atoms with E-state index in [1.165, 1.54) is 6.07 Å². The molecule has 6 heteroatoms. The lowest BCUT2D eigenvalue weighted by molar-refractivity contribution is 0.439. The highest BCUT2D eigenvalue weighted by atomic mass is 19.1. The van der Waals surface area contributed by atoms with Crippen LogP contribution in [0.25, 0.3) is 22.4 Å². The number of aromatic nitrogens is 2. The van der Waals surface area contributed by atoms with E-state index in [1.807, 2.05) is 6.92 Å². The average molecular weight is 287 g/mol. The number of halogens is 2. The van der Waals surface area contributed by atoms with Gasteiger partial charge in [0.15, 0.2) is 0 Å². The number of aryl methyl sites for hydroxylation is 1. The molecule has 0 saturated carbocycles. The highest BCUT2D eigenvalue weighted by Gasteiger charge is 2.20. The molecule has 0 amide bonds. The van der Waals surface area contributed by atoms with E-state index in [9.17, 15) is 8.78 Å². The number of pyridine rings is 1. The molecule has 0 radical (unpaired) electrons. The zero-order chi connectivity index (χ0) is 15.0. The van der Waals surface area contributed by atoms with Crippen molar-refractivity contribution in [3.63, 3.8) is 0 Å². The van der Waals surface area contributed by atoms with Crippen LogP contribution in [0.4, 0.5) is 14.7 Å². The van der Waals surface area contributed by atoms with Gasteiger partial charge in [-0.2, -0.15) is 0 Å². The molecule has 0 aliphatic rings. The van der Waals surface area contributed by atoms with Crippen LogP contribution in [-0.4, -0.2) is 10.1 Å². The van der Waals surface area contributed by atoms with Gasteiger partial charge in [0.1, 0.15) is 17.3 Å². The summed E-state index contributed by atoms with van der Waals surface area (Å²) < 4.78 is 32.0. The topological polar surface area (TPSA) is 64.9 Å². The third-order valence-electron chi connectivity index (χ3n) is 3.09. The van der Waals surface area contributed by atoms with Crippen LogP contribution in [0.15, 0.2) is 41.1 Å². The fourth-order valence-corrected chi connectivity index (χ4v) is 2.15. The maximum Gasteiger partial charge on any atom is 0.230 e. The summed E-state index contributed by atoms with van der Waals surface area (Å²) in [6, 6.07) is 6.76. The van der Waals surface area contributed by atoms with E-state index in [0.29, 0.717) is 16.8 Å². The molecule has 1 aromatic carbocycles. The number of nitrogens with two attached hydrogens (primary N) is 1. The van der Waals surface area contributed by atoms with Gasteiger partial charge < -0.3 is 10.3 Å². The van der Waals surface area contributed by atoms with E-state index < -0.39 is 11.6 Å². The molecule has 21 heavy (non-hydrogen) atoms. The van der Waals surface area contributed by atoms with Crippen molar-refractivity contribution in [1.29, 1.82) is 0 Å². The van der Waals surface area contributed by atoms with Crippen LogP contribution in [-0.2, 0) is 0 Å². The van der Waals surface area contributed by atoms with E-state index in [0.717, 1.165) is 17.8 Å². The minimum atomic E-state index is -0.725. The Morgan fingerprint density at radius 1 is 1.14 bits per heavy atom. The van der Waals surface area contributed by atoms with Gasteiger partial charge in [0, 0.05) is 29.1 Å². The Balaban J connectivity index is 2.22. The molecule has 0 atom stereocenters. The van der Waals surface area contributed by atoms with Crippen molar-refractivity contribution < 1.29 is 13.3 Å². The Morgan fingerprint density at radius 3 is 2.67 bits per heavy atom. The fourth-order valence-electron chi connectivity index (χ4n) is 2.15. The maximum atomic E-state index is 14.0. The Kier molecular flexibility index (Phi) is 3.13. The summed E-state index contributed by atoms with van der Waals surface area (Å²) in [5.74, 6) is -1.41. The van der Waals surface area contributed by atoms with Crippen LogP contribution in [0, 0.1) is 18.6 Å². The summed E-state index contributed by atoms with van der Waals surface area (Å²) in [7, 11) is 0. The van der Waals surface area contributed by atoms with Gasteiger partial charge in [0.05, 0.1) is 5.56 Å². The van der Waals surface area contributed by atoms with Crippen LogP contribution < -0.4 is 5.73 Å². The first-order valence-corrected chi connectivity index (χ1v) is 6.20. The SMILES string of the molecule is Cc1cc(-c2noc(N)c2-c2ccc(F)cc2F)ccn1. The molecule has 0 aliphatic carbocycles. The molecular weight excluding hydrogens is 276 g/mol. The second kappa shape index (κ2) is 4.97. The monoisotopic (exact) mass is 287 g/mol. The van der Waals surface area contributed by atoms with Crippen LogP contribution in [0.2, 0.25) is 0 Å². The largest absolute Gasteiger partial charge is 0.367 e. The van der Waals surface area contributed by atoms with Gasteiger partial charge in [0.25, 0.3) is 0 Å². The summed E-state index contributed by atoms with van der Waals surface area (Å²) >= 11 is 0. The number of anilines is 1. The first kappa shape index (κ1) is 13.2. The van der Waals surface area contributed by atoms with E-state index in [2.05, 4.69) is 10.1 Å². The molecule has 106 valence electrons. The lowest BCUT2D eigenvalue weighted by atomic mass is 10.0. The number of hydrogen-bond donors (Lipinski definition) is 1. The van der Waals surface area contributed by atoms with E-state index in [-0.39, 0.29) is 11.4 Å². The predicted octanol–water partition coefficient (Wildman–Crippen LogP) is 3.57. The van der Waals surface area contributed by atoms with Crippen molar-refractivity contribution in [3.8, 4) is 22.4 Å². The van der Waals surface area contributed by atoms with Crippen molar-refractivity contribution in [2.45, 2.75) is 6.92 Å². The van der Waals surface area contributed by atoms with Gasteiger partial charge in [-0.25, -0.2) is 8.78 Å². The third-order valence-corrected chi connectivity index (χ3v) is 3.09. The first-order valence-electron chi connectivity index (χ1n) is 6.20. The molecule has 2 aromatic heterocycles. The highest BCUT2D eigenvalue weighted by Crippen LogP contribution is 2.37. The molecule has 0 spiro atoms. The number of rotatable bonds is 2. The van der Waals surface area contributed by atoms with Crippen molar-refractivity contribution >= 4 is 5.88 Å². The summed E-state index contributed by atoms with van der Waals surface area (Å²) in [6.45, 7) is 1.82. The van der Waals surface area contributed by atoms with Gasteiger partial charge in [-0.3, -0.25) is 4.98 Å². The number of nitrogen functional groups attached to an aromatic ring is 1. The minimum absolute atomic E-state index is 0.0232. The zero-order valence-corrected chi connectivity index (χ0v) is 11.1. The molecule has 2 N–H and O–H groups in total. The third kappa shape index (κ3) is 2.35. The highest BCUT2D eigenvalue weighted by molar-refractivity contribution is 5.87. The average Bonchev–Trinajstić information content (AvgIpc) is 2.81. The van der Waals surface area contributed by atoms with Crippen LogP contribution in [0.5, 0.6) is 0 Å². The van der Waals surface area contributed by atoms with Crippen molar-refractivity contribution in [2.75, 3.05) is 5.73 Å². The fraction of sp³-hybridized carbons (Fsp3) is 0.0667. The second-order valence-electron chi connectivity index (χ2n) is 4.58. The molecular formula is C15H11F2N3O. The van der Waals surface area contributed by atoms with Gasteiger partial charge in [-0.05, 0) is 31.2 Å². The number of benzene rings is 1. The minimum Gasteiger partial charge on any atom is -0.367 e. The van der Waals surface area contributed by atoms with Gasteiger partial charge >= 0.3 is 0 Å². The Labute approximate surface area is 119 Å². The Bertz CT molecular complexity index is 814. The van der Waals surface area contributed by atoms with Gasteiger partial charge in [-0.15, -0.1) is 0 Å². The summed E-state index contributed by atoms with van der Waals surface area (Å²) in [4.78, 5) is 4.09. The maximum absolute atomic E-state index is 14.0. The van der Waals surface area contributed by atoms with Crippen molar-refractivity contribution in [1.82, 2.24) is 10.1 Å². The lowest BCUT2D eigenvalue weighted by Crippen LogP contribution is -1.92. The van der Waals surface area contributed by atoms with Crippen molar-refractivity contribution in [3.05, 3.63) is 53.9 Å². The van der Waals surface area contributed by atoms with Crippen molar-refractivity contribution in [2.24, 2.45) is 0 Å². The second-order valence-corrected chi connectivity index (χ2v) is 4.58. The van der Waals surface area contributed by atoms with E-state index in [1.54, 1.807) is 18.3 Å². The first-order chi connectivity index (χ1) is 10.1. The molecule has 2 heterocycles. The molecule has 0 fully saturated rings. The normalized spacial score (nSPS) is 10.8. The number of hydrogen-bond acceptors (Lipinski definition) is 4. The van der Waals surface area contributed by atoms with E-state index in [4.69, 9.17) is 10.3 Å². The summed E-state index contributed by atoms with van der Waals surface area (Å²) in [6.07, 6.45) is 1.61. The zero-order valence-electron chi connectivity index (χ0n) is 11.1. The molecule has 4 nitrogen and oxygen atoms in total. The standard InChI is InChI=1S/C15H11F2N3O/c1-8-6-9(4-5-19-8)14-13(15(18)21-20-14)11-3-2-10(16)7-12(11)17/h2-7H,18H2,1H3. The number of nitrogens with zero attached hydrogens (tertiary/aromatic N) is 2. The van der Waals surface area contributed by atoms with Gasteiger partial charge in [0.2, 0.25) is 5.88 Å². The molecule has 0 saturated heterocycles. The quantitative estimate of drug-likeness (QED) is 0.782. The Hall–Kier alpha value is -2.76. The van der Waals surface area contributed by atoms with Gasteiger partial charge in [-0.1, -0.05) is 5.16 Å². The molecule has 0 aliphatic heterocycles. The summed E-state index contributed by atoms with van der Waals surface area (Å²) in [5.41, 5.74) is 8.06. The van der Waals surface area contributed by atoms with Crippen LogP contribution in [0.3, 0.4) is 0 Å². The van der Waals surface area contributed by atoms with Crippen LogP contribution in [0.1, 0.15) is 5.69 Å². The van der Waals surface area contributed by atoms with E-state index >= 15 is 0 Å². The van der Waals surface area contributed by atoms with Crippen LogP contribution >= 0.6 is 0 Å². The Morgan fingerprint density at radius 2 is 1.95 bits per heavy atom. The summed E-state index contributed by atoms with van der Waals surface area (Å²) in [5, 5.41) is 3.88. The molecule has 0 bridgehead atoms.